The quantitative estimate of drug-likeness (QED) is 0.448. The number of allylic oxidation sites excluding steroid dienone is 1. The van der Waals surface area contributed by atoms with Gasteiger partial charge in [0.25, 0.3) is 0 Å². The molecule has 0 saturated carbocycles. The number of para-hydroxylation sites is 1. The minimum absolute atomic E-state index is 0.0429. The second-order valence-electron chi connectivity index (χ2n) is 7.32. The second-order valence-corrected chi connectivity index (χ2v) is 7.71. The van der Waals surface area contributed by atoms with Gasteiger partial charge in [-0.1, -0.05) is 54.1 Å². The molecule has 8 nitrogen and oxygen atoms in total. The van der Waals surface area contributed by atoms with Crippen LogP contribution < -0.4 is 10.6 Å². The molecule has 2 N–H and O–H groups in total. The topological polar surface area (TPSA) is 119 Å². The smallest absolute Gasteiger partial charge is 0.355 e. The van der Waals surface area contributed by atoms with E-state index in [4.69, 9.17) is 26.8 Å². The molecule has 1 aliphatic heterocycles. The number of rotatable bonds is 4. The minimum Gasteiger partial charge on any atom is -0.466 e. The third-order valence-electron chi connectivity index (χ3n) is 5.52. The largest absolute Gasteiger partial charge is 0.466 e. The number of nitriles is 1. The standard InChI is InChI=1S/C25H19ClN4O4/c1-33-24(31)20-19(14-7-4-3-5-8-14)16(13-27)23(28)30(22(20)25(32)34-2)17-10-6-9-15-11-12-18(26)29-21(15)17/h3-12,19H,28H2,1-2H3. The normalized spacial score (nSPS) is 15.8. The molecule has 0 aliphatic carbocycles. The van der Waals surface area contributed by atoms with E-state index in [1.54, 1.807) is 54.6 Å². The first-order chi connectivity index (χ1) is 16.4. The predicted octanol–water partition coefficient (Wildman–Crippen LogP) is 3.79. The minimum atomic E-state index is -0.949. The first-order valence-corrected chi connectivity index (χ1v) is 10.5. The Labute approximate surface area is 200 Å². The Bertz CT molecular complexity index is 1410. The molecule has 1 aromatic heterocycles. The Kier molecular flexibility index (Phi) is 6.21. The Hall–Kier alpha value is -4.35. The average Bonchev–Trinajstić information content (AvgIpc) is 2.87. The van der Waals surface area contributed by atoms with Gasteiger partial charge in [0, 0.05) is 5.39 Å². The van der Waals surface area contributed by atoms with Gasteiger partial charge in [0.2, 0.25) is 0 Å². The molecule has 2 heterocycles. The fourth-order valence-corrected chi connectivity index (χ4v) is 4.20. The number of nitrogens with zero attached hydrogens (tertiary/aromatic N) is 3. The summed E-state index contributed by atoms with van der Waals surface area (Å²) in [7, 11) is 2.39. The van der Waals surface area contributed by atoms with Gasteiger partial charge in [-0.3, -0.25) is 4.90 Å². The van der Waals surface area contributed by atoms with Crippen molar-refractivity contribution >= 4 is 40.1 Å². The van der Waals surface area contributed by atoms with Gasteiger partial charge in [-0.25, -0.2) is 14.6 Å². The van der Waals surface area contributed by atoms with Crippen LogP contribution in [0.2, 0.25) is 5.15 Å². The first kappa shape index (κ1) is 22.8. The summed E-state index contributed by atoms with van der Waals surface area (Å²) < 4.78 is 10.1. The van der Waals surface area contributed by atoms with E-state index >= 15 is 0 Å². The Morgan fingerprint density at radius 3 is 2.38 bits per heavy atom. The number of methoxy groups -OCH3 is 2. The lowest BCUT2D eigenvalue weighted by molar-refractivity contribution is -0.139. The monoisotopic (exact) mass is 474 g/mol. The van der Waals surface area contributed by atoms with Crippen LogP contribution in [-0.2, 0) is 19.1 Å². The van der Waals surface area contributed by atoms with Gasteiger partial charge < -0.3 is 15.2 Å². The number of ether oxygens (including phenoxy) is 2. The molecule has 34 heavy (non-hydrogen) atoms. The van der Waals surface area contributed by atoms with Crippen LogP contribution in [0.25, 0.3) is 10.9 Å². The number of halogens is 1. The van der Waals surface area contributed by atoms with E-state index in [0.29, 0.717) is 22.2 Å². The molecule has 0 bridgehead atoms. The summed E-state index contributed by atoms with van der Waals surface area (Å²) in [6.07, 6.45) is 0. The Balaban J connectivity index is 2.13. The van der Waals surface area contributed by atoms with Gasteiger partial charge in [-0.2, -0.15) is 5.26 Å². The summed E-state index contributed by atoms with van der Waals surface area (Å²) in [6.45, 7) is 0. The molecule has 1 unspecified atom stereocenters. The molecule has 0 spiro atoms. The van der Waals surface area contributed by atoms with Gasteiger partial charge in [0.1, 0.15) is 16.7 Å². The van der Waals surface area contributed by atoms with Crippen LogP contribution in [0.5, 0.6) is 0 Å². The molecule has 0 radical (unpaired) electrons. The second kappa shape index (κ2) is 9.25. The number of hydrogen-bond acceptors (Lipinski definition) is 8. The number of fused-ring (bicyclic) bond motifs is 1. The third kappa shape index (κ3) is 3.72. The molecule has 0 fully saturated rings. The van der Waals surface area contributed by atoms with Gasteiger partial charge >= 0.3 is 11.9 Å². The maximum Gasteiger partial charge on any atom is 0.355 e. The lowest BCUT2D eigenvalue weighted by Gasteiger charge is -2.36. The molecule has 0 saturated heterocycles. The maximum atomic E-state index is 13.2. The van der Waals surface area contributed by atoms with E-state index in [9.17, 15) is 14.9 Å². The highest BCUT2D eigenvalue weighted by atomic mass is 35.5. The highest BCUT2D eigenvalue weighted by Crippen LogP contribution is 2.44. The number of nitrogens with two attached hydrogens (primary N) is 1. The molecule has 3 aromatic rings. The van der Waals surface area contributed by atoms with Crippen molar-refractivity contribution in [3.05, 3.63) is 94.0 Å². The summed E-state index contributed by atoms with van der Waals surface area (Å²) in [4.78, 5) is 32.0. The number of pyridine rings is 1. The van der Waals surface area contributed by atoms with Crippen LogP contribution in [0.4, 0.5) is 5.69 Å². The highest BCUT2D eigenvalue weighted by Gasteiger charge is 2.43. The Morgan fingerprint density at radius 2 is 1.74 bits per heavy atom. The maximum absolute atomic E-state index is 13.2. The van der Waals surface area contributed by atoms with E-state index in [0.717, 1.165) is 0 Å². The zero-order valence-electron chi connectivity index (χ0n) is 18.3. The fourth-order valence-electron chi connectivity index (χ4n) is 4.05. The zero-order valence-corrected chi connectivity index (χ0v) is 19.0. The number of carbonyl (C=O) groups excluding carboxylic acids is 2. The van der Waals surface area contributed by atoms with Gasteiger partial charge in [-0.15, -0.1) is 0 Å². The third-order valence-corrected chi connectivity index (χ3v) is 5.73. The first-order valence-electron chi connectivity index (χ1n) is 10.1. The van der Waals surface area contributed by atoms with Crippen LogP contribution in [0.1, 0.15) is 11.5 Å². The molecular weight excluding hydrogens is 456 g/mol. The summed E-state index contributed by atoms with van der Waals surface area (Å²) in [5.74, 6) is -2.62. The van der Waals surface area contributed by atoms with Gasteiger partial charge in [0.05, 0.1) is 48.6 Å². The van der Waals surface area contributed by atoms with E-state index in [1.807, 2.05) is 6.07 Å². The molecule has 170 valence electrons. The van der Waals surface area contributed by atoms with Crippen molar-refractivity contribution in [2.75, 3.05) is 19.1 Å². The predicted molar refractivity (Wildman–Crippen MR) is 126 cm³/mol. The highest BCUT2D eigenvalue weighted by molar-refractivity contribution is 6.30. The van der Waals surface area contributed by atoms with Gasteiger partial charge in [-0.05, 0) is 23.8 Å². The van der Waals surface area contributed by atoms with Crippen molar-refractivity contribution in [2.24, 2.45) is 5.73 Å². The average molecular weight is 475 g/mol. The number of esters is 2. The van der Waals surface area contributed by atoms with Crippen molar-refractivity contribution in [1.29, 1.82) is 5.26 Å². The van der Waals surface area contributed by atoms with Crippen molar-refractivity contribution in [2.45, 2.75) is 5.92 Å². The van der Waals surface area contributed by atoms with Crippen LogP contribution in [0.15, 0.2) is 83.3 Å². The summed E-state index contributed by atoms with van der Waals surface area (Å²) in [6, 6.07) is 19.5. The van der Waals surface area contributed by atoms with Gasteiger partial charge in [0.15, 0.2) is 0 Å². The molecular formula is C25H19ClN4O4. The molecule has 4 rings (SSSR count). The number of hydrogen-bond donors (Lipinski definition) is 1. The van der Waals surface area contributed by atoms with Crippen molar-refractivity contribution in [3.8, 4) is 6.07 Å². The molecule has 0 amide bonds. The van der Waals surface area contributed by atoms with E-state index < -0.39 is 17.9 Å². The summed E-state index contributed by atoms with van der Waals surface area (Å²) in [5, 5.41) is 11.1. The molecule has 9 heteroatoms. The molecule has 1 atom stereocenters. The summed E-state index contributed by atoms with van der Waals surface area (Å²) >= 11 is 6.15. The fraction of sp³-hybridized carbons (Fsp3) is 0.120. The van der Waals surface area contributed by atoms with Crippen molar-refractivity contribution in [1.82, 2.24) is 4.98 Å². The number of anilines is 1. The van der Waals surface area contributed by atoms with Crippen LogP contribution >= 0.6 is 11.6 Å². The SMILES string of the molecule is COC(=O)C1=C(C(=O)OC)N(c2cccc3ccc(Cl)nc23)C(N)=C(C#N)C1c1ccccc1. The van der Waals surface area contributed by atoms with E-state index in [2.05, 4.69) is 11.1 Å². The van der Waals surface area contributed by atoms with Crippen molar-refractivity contribution < 1.29 is 19.1 Å². The van der Waals surface area contributed by atoms with Crippen LogP contribution in [0, 0.1) is 11.3 Å². The van der Waals surface area contributed by atoms with Crippen LogP contribution in [0.3, 0.4) is 0 Å². The van der Waals surface area contributed by atoms with Crippen LogP contribution in [-0.4, -0.2) is 31.1 Å². The number of aromatic nitrogens is 1. The van der Waals surface area contributed by atoms with Crippen molar-refractivity contribution in [3.63, 3.8) is 0 Å². The summed E-state index contributed by atoms with van der Waals surface area (Å²) in [5.41, 5.74) is 7.70. The van der Waals surface area contributed by atoms with E-state index in [1.165, 1.54) is 19.1 Å². The zero-order chi connectivity index (χ0) is 24.4. The molecule has 2 aromatic carbocycles. The lowest BCUT2D eigenvalue weighted by Crippen LogP contribution is -2.40. The number of benzene rings is 2. The lowest BCUT2D eigenvalue weighted by atomic mass is 9.81. The van der Waals surface area contributed by atoms with E-state index in [-0.39, 0.29) is 27.8 Å². The molecule has 1 aliphatic rings. The Morgan fingerprint density at radius 1 is 1.03 bits per heavy atom. The number of carbonyl (C=O) groups is 2.